The summed E-state index contributed by atoms with van der Waals surface area (Å²) in [5.41, 5.74) is 1.74. The van der Waals surface area contributed by atoms with Gasteiger partial charge in [-0.2, -0.15) is 0 Å². The van der Waals surface area contributed by atoms with Gasteiger partial charge in [0, 0.05) is 45.2 Å². The third-order valence-corrected chi connectivity index (χ3v) is 6.41. The topological polar surface area (TPSA) is 47.0 Å². The Balaban J connectivity index is 1.83. The Hall–Kier alpha value is -1.03. The Bertz CT molecular complexity index is 498. The zero-order valence-corrected chi connectivity index (χ0v) is 11.3. The third-order valence-electron chi connectivity index (χ3n) is 4.24. The van der Waals surface area contributed by atoms with Gasteiger partial charge in [-0.15, -0.1) is 0 Å². The number of carbonyl (C=O) groups is 1. The first-order chi connectivity index (χ1) is 8.66. The molecule has 0 aliphatic carbocycles. The van der Waals surface area contributed by atoms with E-state index in [-0.39, 0.29) is 22.2 Å². The van der Waals surface area contributed by atoms with Gasteiger partial charge in [0.05, 0.1) is 0 Å². The number of aryl methyl sites for hydroxylation is 1. The van der Waals surface area contributed by atoms with Crippen LogP contribution in [0.4, 0.5) is 0 Å². The van der Waals surface area contributed by atoms with E-state index in [1.165, 1.54) is 0 Å². The third kappa shape index (κ3) is 1.92. The van der Waals surface area contributed by atoms with Crippen molar-refractivity contribution in [2.45, 2.75) is 43.1 Å². The summed E-state index contributed by atoms with van der Waals surface area (Å²) >= 11 is 0. The lowest BCUT2D eigenvalue weighted by molar-refractivity contribution is 0.0905. The molecule has 2 aliphatic heterocycles. The molecule has 3 heterocycles. The molecule has 1 aromatic rings. The van der Waals surface area contributed by atoms with E-state index < -0.39 is 10.8 Å². The number of ketones is 1. The van der Waals surface area contributed by atoms with Crippen LogP contribution in [0, 0.1) is 12.8 Å². The van der Waals surface area contributed by atoms with Crippen LogP contribution < -0.4 is 0 Å². The van der Waals surface area contributed by atoms with Crippen molar-refractivity contribution >= 4 is 16.6 Å². The summed E-state index contributed by atoms with van der Waals surface area (Å²) in [4.78, 5) is 16.6. The molecule has 2 atom stereocenters. The molecule has 2 fully saturated rings. The number of pyridine rings is 1. The molecule has 0 spiro atoms. The fraction of sp³-hybridized carbons (Fsp3) is 0.571. The molecule has 2 aliphatic rings. The quantitative estimate of drug-likeness (QED) is 0.769. The van der Waals surface area contributed by atoms with Gasteiger partial charge in [-0.25, -0.2) is 0 Å². The zero-order chi connectivity index (χ0) is 12.7. The minimum Gasteiger partial charge on any atom is -0.294 e. The van der Waals surface area contributed by atoms with Gasteiger partial charge in [0.2, 0.25) is 0 Å². The highest BCUT2D eigenvalue weighted by atomic mass is 32.2. The van der Waals surface area contributed by atoms with E-state index >= 15 is 0 Å². The molecule has 96 valence electrons. The number of carbonyl (C=O) groups excluding carboxylic acids is 1. The number of aromatic nitrogens is 1. The summed E-state index contributed by atoms with van der Waals surface area (Å²) < 4.78 is 11.9. The van der Waals surface area contributed by atoms with E-state index in [0.29, 0.717) is 0 Å². The van der Waals surface area contributed by atoms with Crippen LogP contribution in [0.5, 0.6) is 0 Å². The summed E-state index contributed by atoms with van der Waals surface area (Å²) in [5, 5.41) is 0.518. The van der Waals surface area contributed by atoms with E-state index in [1.54, 1.807) is 12.4 Å². The largest absolute Gasteiger partial charge is 0.294 e. The van der Waals surface area contributed by atoms with Crippen molar-refractivity contribution in [3.8, 4) is 0 Å². The summed E-state index contributed by atoms with van der Waals surface area (Å²) in [5.74, 6) is 0.261. The SMILES string of the molecule is Cc1ccncc1C(=O)C1CC2CCC(C1)S2=O. The van der Waals surface area contributed by atoms with Crippen molar-refractivity contribution in [1.82, 2.24) is 4.98 Å². The van der Waals surface area contributed by atoms with E-state index in [4.69, 9.17) is 0 Å². The fourth-order valence-corrected chi connectivity index (χ4v) is 5.31. The molecule has 2 saturated heterocycles. The van der Waals surface area contributed by atoms with E-state index in [0.717, 1.165) is 36.8 Å². The Morgan fingerprint density at radius 3 is 2.61 bits per heavy atom. The first-order valence-electron chi connectivity index (χ1n) is 6.51. The van der Waals surface area contributed by atoms with Gasteiger partial charge in [0.25, 0.3) is 0 Å². The first-order valence-corrected chi connectivity index (χ1v) is 7.78. The molecule has 0 amide bonds. The van der Waals surface area contributed by atoms with Crippen LogP contribution in [-0.4, -0.2) is 25.5 Å². The normalized spacial score (nSPS) is 34.5. The van der Waals surface area contributed by atoms with Crippen LogP contribution in [0.25, 0.3) is 0 Å². The maximum Gasteiger partial charge on any atom is 0.167 e. The molecule has 2 unspecified atom stereocenters. The molecular formula is C14H17NO2S. The summed E-state index contributed by atoms with van der Waals surface area (Å²) in [6.07, 6.45) is 7.06. The van der Waals surface area contributed by atoms with Gasteiger partial charge in [-0.1, -0.05) is 0 Å². The molecule has 1 aromatic heterocycles. The van der Waals surface area contributed by atoms with Crippen molar-refractivity contribution in [2.24, 2.45) is 5.92 Å². The van der Waals surface area contributed by atoms with Crippen LogP contribution in [-0.2, 0) is 10.8 Å². The molecule has 0 aromatic carbocycles. The maximum atomic E-state index is 12.5. The van der Waals surface area contributed by atoms with Crippen LogP contribution in [0.3, 0.4) is 0 Å². The van der Waals surface area contributed by atoms with Crippen LogP contribution in [0.2, 0.25) is 0 Å². The smallest absolute Gasteiger partial charge is 0.167 e. The number of fused-ring (bicyclic) bond motifs is 2. The van der Waals surface area contributed by atoms with E-state index in [2.05, 4.69) is 4.98 Å². The Labute approximate surface area is 109 Å². The standard InChI is InChI=1S/C14H17NO2S/c1-9-4-5-15-8-13(9)14(16)10-6-11-2-3-12(7-10)18(11)17/h4-5,8,10-12H,2-3,6-7H2,1H3. The summed E-state index contributed by atoms with van der Waals surface area (Å²) in [7, 11) is -0.685. The van der Waals surface area contributed by atoms with Gasteiger partial charge in [-0.3, -0.25) is 14.0 Å². The van der Waals surface area contributed by atoms with Gasteiger partial charge in [0.1, 0.15) is 0 Å². The first kappa shape index (κ1) is 12.0. The number of nitrogens with zero attached hydrogens (tertiary/aromatic N) is 1. The van der Waals surface area contributed by atoms with Gasteiger partial charge in [-0.05, 0) is 44.2 Å². The molecule has 3 nitrogen and oxygen atoms in total. The van der Waals surface area contributed by atoms with Crippen molar-refractivity contribution in [1.29, 1.82) is 0 Å². The number of hydrogen-bond acceptors (Lipinski definition) is 3. The lowest BCUT2D eigenvalue weighted by atomic mass is 9.89. The molecule has 3 rings (SSSR count). The van der Waals surface area contributed by atoms with Crippen molar-refractivity contribution in [3.63, 3.8) is 0 Å². The summed E-state index contributed by atoms with van der Waals surface area (Å²) in [6, 6.07) is 1.88. The molecule has 4 heteroatoms. The van der Waals surface area contributed by atoms with Crippen LogP contribution >= 0.6 is 0 Å². The zero-order valence-electron chi connectivity index (χ0n) is 10.5. The predicted molar refractivity (Wildman–Crippen MR) is 71.0 cm³/mol. The predicted octanol–water partition coefficient (Wildman–Crippen LogP) is 2.26. The average Bonchev–Trinajstić information content (AvgIpc) is 2.61. The van der Waals surface area contributed by atoms with Gasteiger partial charge >= 0.3 is 0 Å². The summed E-state index contributed by atoms with van der Waals surface area (Å²) in [6.45, 7) is 1.95. The Morgan fingerprint density at radius 2 is 2.00 bits per heavy atom. The highest BCUT2D eigenvalue weighted by molar-refractivity contribution is 7.86. The molecule has 2 bridgehead atoms. The Kier molecular flexibility index (Phi) is 3.06. The van der Waals surface area contributed by atoms with Crippen molar-refractivity contribution in [3.05, 3.63) is 29.6 Å². The van der Waals surface area contributed by atoms with Crippen LogP contribution in [0.15, 0.2) is 18.5 Å². The monoisotopic (exact) mass is 263 g/mol. The maximum absolute atomic E-state index is 12.5. The van der Waals surface area contributed by atoms with Gasteiger partial charge < -0.3 is 0 Å². The second-order valence-electron chi connectivity index (χ2n) is 5.37. The minimum atomic E-state index is -0.685. The number of rotatable bonds is 2. The van der Waals surface area contributed by atoms with Crippen molar-refractivity contribution < 1.29 is 9.00 Å². The molecule has 0 N–H and O–H groups in total. The van der Waals surface area contributed by atoms with Crippen LogP contribution in [0.1, 0.15) is 41.6 Å². The number of Topliss-reactive ketones (excluding diaryl/α,β-unsaturated/α-hetero) is 1. The molecule has 0 saturated carbocycles. The molecular weight excluding hydrogens is 246 g/mol. The number of hydrogen-bond donors (Lipinski definition) is 0. The second kappa shape index (κ2) is 4.57. The minimum absolute atomic E-state index is 0.0584. The highest BCUT2D eigenvalue weighted by Crippen LogP contribution is 2.39. The Morgan fingerprint density at radius 1 is 1.33 bits per heavy atom. The molecule has 18 heavy (non-hydrogen) atoms. The molecule has 0 radical (unpaired) electrons. The van der Waals surface area contributed by atoms with Crippen molar-refractivity contribution in [2.75, 3.05) is 0 Å². The van der Waals surface area contributed by atoms with E-state index in [9.17, 15) is 9.00 Å². The lowest BCUT2D eigenvalue weighted by Crippen LogP contribution is -2.32. The second-order valence-corrected chi connectivity index (χ2v) is 7.36. The van der Waals surface area contributed by atoms with Gasteiger partial charge in [0.15, 0.2) is 5.78 Å². The fourth-order valence-electron chi connectivity index (χ4n) is 3.19. The lowest BCUT2D eigenvalue weighted by Gasteiger charge is -2.26. The average molecular weight is 263 g/mol. The highest BCUT2D eigenvalue weighted by Gasteiger charge is 2.42. The van der Waals surface area contributed by atoms with E-state index in [1.807, 2.05) is 13.0 Å².